The lowest BCUT2D eigenvalue weighted by molar-refractivity contribution is -0.123. The lowest BCUT2D eigenvalue weighted by atomic mass is 9.84. The Kier molecular flexibility index (Phi) is 6.90. The summed E-state index contributed by atoms with van der Waals surface area (Å²) >= 11 is 6.42. The van der Waals surface area contributed by atoms with Gasteiger partial charge in [0.15, 0.2) is 5.82 Å². The van der Waals surface area contributed by atoms with Gasteiger partial charge in [0, 0.05) is 38.5 Å². The highest BCUT2D eigenvalue weighted by molar-refractivity contribution is 6.32. The fraction of sp³-hybridized carbons (Fsp3) is 0.560. The van der Waals surface area contributed by atoms with Crippen LogP contribution in [0.3, 0.4) is 0 Å². The molecule has 1 amide bonds. The van der Waals surface area contributed by atoms with Gasteiger partial charge in [0.05, 0.1) is 18.7 Å². The third kappa shape index (κ3) is 4.85. The summed E-state index contributed by atoms with van der Waals surface area (Å²) in [5, 5.41) is 7.21. The Balaban J connectivity index is 1.29. The number of benzene rings is 1. The number of nitrogens with two attached hydrogens (primary N) is 1. The molecule has 3 aliphatic rings. The average molecular weight is 485 g/mol. The predicted octanol–water partition coefficient (Wildman–Crippen LogP) is 3.23. The number of hydrogen-bond acceptors (Lipinski definition) is 7. The second-order valence-corrected chi connectivity index (χ2v) is 10.2. The lowest BCUT2D eigenvalue weighted by Gasteiger charge is -2.30. The van der Waals surface area contributed by atoms with Crippen LogP contribution in [0.25, 0.3) is 0 Å². The van der Waals surface area contributed by atoms with Gasteiger partial charge in [-0.05, 0) is 67.2 Å². The first-order valence-electron chi connectivity index (χ1n) is 12.2. The monoisotopic (exact) mass is 484 g/mol. The number of ether oxygens (including phenoxy) is 1. The minimum absolute atomic E-state index is 0.0231. The van der Waals surface area contributed by atoms with Gasteiger partial charge in [-0.25, -0.2) is 4.98 Å². The highest BCUT2D eigenvalue weighted by atomic mass is 35.5. The Labute approximate surface area is 205 Å². The van der Waals surface area contributed by atoms with Gasteiger partial charge in [-0.2, -0.15) is 4.98 Å². The number of anilines is 3. The van der Waals surface area contributed by atoms with E-state index >= 15 is 0 Å². The van der Waals surface area contributed by atoms with E-state index in [2.05, 4.69) is 43.7 Å². The van der Waals surface area contributed by atoms with Crippen LogP contribution in [-0.4, -0.2) is 60.2 Å². The van der Waals surface area contributed by atoms with Crippen LogP contribution < -0.4 is 16.4 Å². The van der Waals surface area contributed by atoms with Crippen LogP contribution in [0.1, 0.15) is 30.4 Å². The van der Waals surface area contributed by atoms with E-state index in [1.165, 1.54) is 11.1 Å². The molecule has 2 aromatic rings. The van der Waals surface area contributed by atoms with Crippen LogP contribution in [0, 0.1) is 17.8 Å². The van der Waals surface area contributed by atoms with Crippen molar-refractivity contribution in [2.45, 2.75) is 38.1 Å². The van der Waals surface area contributed by atoms with E-state index in [0.29, 0.717) is 28.6 Å². The molecule has 0 unspecified atom stereocenters. The largest absolute Gasteiger partial charge is 0.383 e. The van der Waals surface area contributed by atoms with Crippen LogP contribution in [0.5, 0.6) is 0 Å². The number of amides is 1. The molecule has 2 heterocycles. The summed E-state index contributed by atoms with van der Waals surface area (Å²) in [5.74, 6) is 1.40. The van der Waals surface area contributed by atoms with Crippen LogP contribution >= 0.6 is 11.6 Å². The van der Waals surface area contributed by atoms with Gasteiger partial charge in [-0.3, -0.25) is 4.79 Å². The summed E-state index contributed by atoms with van der Waals surface area (Å²) < 4.78 is 5.24. The van der Waals surface area contributed by atoms with Gasteiger partial charge >= 0.3 is 0 Å². The van der Waals surface area contributed by atoms with Gasteiger partial charge in [-0.15, -0.1) is 0 Å². The fourth-order valence-corrected chi connectivity index (χ4v) is 6.16. The maximum absolute atomic E-state index is 12.1. The number of halogens is 1. The van der Waals surface area contributed by atoms with Gasteiger partial charge in [-0.1, -0.05) is 17.7 Å². The molecule has 0 spiro atoms. The summed E-state index contributed by atoms with van der Waals surface area (Å²) in [5.41, 5.74) is 9.42. The molecule has 1 aromatic heterocycles. The molecule has 4 atom stereocenters. The molecule has 1 aliphatic heterocycles. The predicted molar refractivity (Wildman–Crippen MR) is 133 cm³/mol. The molecule has 2 fully saturated rings. The topological polar surface area (TPSA) is 105 Å². The van der Waals surface area contributed by atoms with Crippen molar-refractivity contribution >= 4 is 35.0 Å². The number of aromatic nitrogens is 2. The van der Waals surface area contributed by atoms with Crippen molar-refractivity contribution in [2.24, 2.45) is 23.5 Å². The lowest BCUT2D eigenvalue weighted by Crippen LogP contribution is -2.42. The minimum Gasteiger partial charge on any atom is -0.383 e. The number of fused-ring (bicyclic) bond motifs is 3. The second-order valence-electron chi connectivity index (χ2n) is 9.76. The normalized spacial score (nSPS) is 26.2. The summed E-state index contributed by atoms with van der Waals surface area (Å²) in [6.07, 6.45) is 6.86. The smallest absolute Gasteiger partial charge is 0.229 e. The first-order valence-corrected chi connectivity index (χ1v) is 12.6. The van der Waals surface area contributed by atoms with E-state index < -0.39 is 0 Å². The van der Waals surface area contributed by atoms with E-state index in [0.717, 1.165) is 64.0 Å². The standard InChI is InChI=1S/C25H33ClN6O2/c1-34-11-10-32-8-6-15-4-5-19(13-16(15)7-9-32)29-25-28-14-20(26)24(31-25)30-22-18-3-2-17(12-18)21(22)23(27)33/h4-5,13-14,17-18,21-22H,2-3,6-12H2,1H3,(H2,27,33)(H2,28,29,30,31)/t17-,18+,21+,22-/m0/s1. The summed E-state index contributed by atoms with van der Waals surface area (Å²) in [6.45, 7) is 3.79. The molecule has 0 saturated heterocycles. The van der Waals surface area contributed by atoms with Gasteiger partial charge < -0.3 is 26.0 Å². The van der Waals surface area contributed by atoms with Gasteiger partial charge in [0.2, 0.25) is 11.9 Å². The van der Waals surface area contributed by atoms with Crippen LogP contribution in [-0.2, 0) is 22.4 Å². The van der Waals surface area contributed by atoms with E-state index in [-0.39, 0.29) is 17.9 Å². The molecule has 2 saturated carbocycles. The van der Waals surface area contributed by atoms with E-state index in [1.807, 2.05) is 0 Å². The quantitative estimate of drug-likeness (QED) is 0.528. The highest BCUT2D eigenvalue weighted by Crippen LogP contribution is 2.49. The zero-order valence-corrected chi connectivity index (χ0v) is 20.4. The van der Waals surface area contributed by atoms with Crippen molar-refractivity contribution in [3.63, 3.8) is 0 Å². The van der Waals surface area contributed by atoms with Crippen LogP contribution in [0.15, 0.2) is 24.4 Å². The van der Waals surface area contributed by atoms with Crippen molar-refractivity contribution in [3.8, 4) is 0 Å². The first kappa shape index (κ1) is 23.3. The Morgan fingerprint density at radius 2 is 2.03 bits per heavy atom. The van der Waals surface area contributed by atoms with Crippen LogP contribution in [0.2, 0.25) is 5.02 Å². The maximum atomic E-state index is 12.1. The third-order valence-corrected chi connectivity index (χ3v) is 8.04. The SMILES string of the molecule is COCCN1CCc2ccc(Nc3ncc(Cl)c(N[C@H]4[C@@H]5CC[C@@H](C5)[C@H]4C(N)=O)n3)cc2CC1. The number of nitrogens with zero attached hydrogens (tertiary/aromatic N) is 3. The van der Waals surface area contributed by atoms with Crippen molar-refractivity contribution in [1.82, 2.24) is 14.9 Å². The Morgan fingerprint density at radius 1 is 1.24 bits per heavy atom. The van der Waals surface area contributed by atoms with Gasteiger partial charge in [0.25, 0.3) is 0 Å². The van der Waals surface area contributed by atoms with Crippen LogP contribution in [0.4, 0.5) is 17.5 Å². The summed E-state index contributed by atoms with van der Waals surface area (Å²) in [6, 6.07) is 6.44. The molecule has 8 nitrogen and oxygen atoms in total. The van der Waals surface area contributed by atoms with Crippen molar-refractivity contribution in [2.75, 3.05) is 44.0 Å². The Bertz CT molecular complexity index is 1050. The number of hydrogen-bond donors (Lipinski definition) is 3. The number of carbonyl (C=O) groups is 1. The second kappa shape index (κ2) is 10.1. The minimum atomic E-state index is -0.237. The molecule has 0 radical (unpaired) electrons. The highest BCUT2D eigenvalue weighted by Gasteiger charge is 2.50. The number of rotatable bonds is 8. The van der Waals surface area contributed by atoms with Crippen molar-refractivity contribution in [3.05, 3.63) is 40.5 Å². The van der Waals surface area contributed by atoms with Crippen molar-refractivity contribution in [1.29, 1.82) is 0 Å². The van der Waals surface area contributed by atoms with E-state index in [1.54, 1.807) is 13.3 Å². The molecule has 34 heavy (non-hydrogen) atoms. The molecule has 2 aliphatic carbocycles. The first-order chi connectivity index (χ1) is 16.5. The molecule has 2 bridgehead atoms. The maximum Gasteiger partial charge on any atom is 0.229 e. The van der Waals surface area contributed by atoms with E-state index in [9.17, 15) is 4.79 Å². The zero-order chi connectivity index (χ0) is 23.7. The third-order valence-electron chi connectivity index (χ3n) is 7.76. The van der Waals surface area contributed by atoms with E-state index in [4.69, 9.17) is 22.1 Å². The number of methoxy groups -OCH3 is 1. The molecule has 5 rings (SSSR count). The molecular formula is C25H33ClN6O2. The zero-order valence-electron chi connectivity index (χ0n) is 19.6. The summed E-state index contributed by atoms with van der Waals surface area (Å²) in [4.78, 5) is 23.6. The molecule has 4 N–H and O–H groups in total. The molecule has 1 aromatic carbocycles. The molecular weight excluding hydrogens is 452 g/mol. The number of carbonyl (C=O) groups excluding carboxylic acids is 1. The molecule has 9 heteroatoms. The molecule has 182 valence electrons. The number of primary amides is 1. The average Bonchev–Trinajstić information content (AvgIpc) is 3.37. The Hall–Kier alpha value is -2.42. The number of nitrogens with one attached hydrogen (secondary N) is 2. The fourth-order valence-electron chi connectivity index (χ4n) is 6.02. The van der Waals surface area contributed by atoms with Crippen molar-refractivity contribution < 1.29 is 9.53 Å². The summed E-state index contributed by atoms with van der Waals surface area (Å²) in [7, 11) is 1.75. The Morgan fingerprint density at radius 3 is 2.82 bits per heavy atom. The van der Waals surface area contributed by atoms with Gasteiger partial charge in [0.1, 0.15) is 5.02 Å².